The molecule has 6 heteroatoms. The van der Waals surface area contributed by atoms with Crippen molar-refractivity contribution >= 4 is 5.95 Å². The predicted octanol–water partition coefficient (Wildman–Crippen LogP) is 4.26. The van der Waals surface area contributed by atoms with E-state index in [4.69, 9.17) is 4.74 Å². The Morgan fingerprint density at radius 3 is 2.67 bits per heavy atom. The maximum atomic E-state index is 5.95. The van der Waals surface area contributed by atoms with E-state index in [1.165, 1.54) is 43.5 Å². The average Bonchev–Trinajstić information content (AvgIpc) is 3.22. The number of piperidine rings is 1. The van der Waals surface area contributed by atoms with E-state index in [0.29, 0.717) is 12.6 Å². The zero-order valence-electron chi connectivity index (χ0n) is 17.5. The minimum atomic E-state index is 0.643. The molecule has 0 saturated carbocycles. The second-order valence-electron chi connectivity index (χ2n) is 7.88. The zero-order chi connectivity index (χ0) is 20.4. The lowest BCUT2D eigenvalue weighted by Crippen LogP contribution is -2.29. The van der Waals surface area contributed by atoms with Gasteiger partial charge in [-0.25, -0.2) is 0 Å². The number of ether oxygens (including phenoxy) is 1. The first-order chi connectivity index (χ1) is 14.8. The standard InChI is InChI=1S/C24H31N5O/c1-3-9-20(10-4-1)18-23-26-24(28-27-23)25-13-8-16-30-22-12-7-11-21(17-22)19-29-14-5-2-6-15-29/h1,3-4,7,9-12,17H,2,5-6,8,13-16,18-19H2,(H2,25,26,27,28). The molecule has 0 bridgehead atoms. The summed E-state index contributed by atoms with van der Waals surface area (Å²) in [6, 6.07) is 18.8. The predicted molar refractivity (Wildman–Crippen MR) is 120 cm³/mol. The maximum absolute atomic E-state index is 5.95. The summed E-state index contributed by atoms with van der Waals surface area (Å²) in [5.74, 6) is 2.46. The second kappa shape index (κ2) is 10.8. The minimum absolute atomic E-state index is 0.643. The molecule has 0 atom stereocenters. The lowest BCUT2D eigenvalue weighted by Gasteiger charge is -2.26. The van der Waals surface area contributed by atoms with Gasteiger partial charge in [0.25, 0.3) is 0 Å². The molecule has 0 unspecified atom stereocenters. The summed E-state index contributed by atoms with van der Waals surface area (Å²) in [4.78, 5) is 7.04. The van der Waals surface area contributed by atoms with Crippen molar-refractivity contribution < 1.29 is 4.74 Å². The number of hydrogen-bond acceptors (Lipinski definition) is 5. The van der Waals surface area contributed by atoms with Gasteiger partial charge in [-0.3, -0.25) is 10.00 Å². The van der Waals surface area contributed by atoms with Gasteiger partial charge >= 0.3 is 0 Å². The molecular formula is C24H31N5O. The molecule has 1 aromatic heterocycles. The molecule has 0 radical (unpaired) electrons. The number of H-pyrrole nitrogens is 1. The fraction of sp³-hybridized carbons (Fsp3) is 0.417. The van der Waals surface area contributed by atoms with Crippen molar-refractivity contribution in [3.8, 4) is 5.75 Å². The van der Waals surface area contributed by atoms with E-state index in [0.717, 1.165) is 37.5 Å². The second-order valence-corrected chi connectivity index (χ2v) is 7.88. The number of benzene rings is 2. The quantitative estimate of drug-likeness (QED) is 0.493. The molecule has 30 heavy (non-hydrogen) atoms. The Labute approximate surface area is 178 Å². The van der Waals surface area contributed by atoms with Gasteiger partial charge < -0.3 is 10.1 Å². The number of likely N-dealkylation sites (tertiary alicyclic amines) is 1. The lowest BCUT2D eigenvalue weighted by atomic mass is 10.1. The molecular weight excluding hydrogens is 374 g/mol. The van der Waals surface area contributed by atoms with Crippen molar-refractivity contribution in [2.24, 2.45) is 0 Å². The first-order valence-corrected chi connectivity index (χ1v) is 11.0. The third-order valence-electron chi connectivity index (χ3n) is 5.37. The fourth-order valence-electron chi connectivity index (χ4n) is 3.81. The highest BCUT2D eigenvalue weighted by Crippen LogP contribution is 2.17. The first-order valence-electron chi connectivity index (χ1n) is 11.0. The summed E-state index contributed by atoms with van der Waals surface area (Å²) >= 11 is 0. The van der Waals surface area contributed by atoms with Crippen LogP contribution in [-0.4, -0.2) is 46.3 Å². The molecule has 1 fully saturated rings. The van der Waals surface area contributed by atoms with Crippen molar-refractivity contribution in [2.75, 3.05) is 31.6 Å². The number of nitrogens with one attached hydrogen (secondary N) is 2. The Balaban J connectivity index is 1.15. The molecule has 158 valence electrons. The Kier molecular flexibility index (Phi) is 7.34. The number of anilines is 1. The van der Waals surface area contributed by atoms with Gasteiger partial charge in [0.15, 0.2) is 0 Å². The third kappa shape index (κ3) is 6.32. The summed E-state index contributed by atoms with van der Waals surface area (Å²) < 4.78 is 5.95. The van der Waals surface area contributed by atoms with Gasteiger partial charge in [-0.2, -0.15) is 4.98 Å². The highest BCUT2D eigenvalue weighted by atomic mass is 16.5. The van der Waals surface area contributed by atoms with E-state index in [9.17, 15) is 0 Å². The average molecular weight is 406 g/mol. The molecule has 1 aliphatic rings. The Morgan fingerprint density at radius 2 is 1.80 bits per heavy atom. The summed E-state index contributed by atoms with van der Waals surface area (Å²) in [6.07, 6.45) is 5.66. The maximum Gasteiger partial charge on any atom is 0.242 e. The Morgan fingerprint density at radius 1 is 0.967 bits per heavy atom. The van der Waals surface area contributed by atoms with Crippen molar-refractivity contribution in [2.45, 2.75) is 38.6 Å². The number of aromatic nitrogens is 3. The van der Waals surface area contributed by atoms with Gasteiger partial charge in [-0.05, 0) is 55.6 Å². The van der Waals surface area contributed by atoms with Crippen LogP contribution in [0.25, 0.3) is 0 Å². The van der Waals surface area contributed by atoms with Crippen molar-refractivity contribution in [1.82, 2.24) is 20.1 Å². The van der Waals surface area contributed by atoms with Gasteiger partial charge in [-0.15, -0.1) is 5.10 Å². The summed E-state index contributed by atoms with van der Waals surface area (Å²) in [7, 11) is 0. The normalized spacial score (nSPS) is 14.5. The Hall–Kier alpha value is -2.86. The smallest absolute Gasteiger partial charge is 0.242 e. The molecule has 0 aliphatic carbocycles. The van der Waals surface area contributed by atoms with Crippen LogP contribution in [0.5, 0.6) is 5.75 Å². The molecule has 2 aromatic carbocycles. The van der Waals surface area contributed by atoms with E-state index in [2.05, 4.69) is 55.7 Å². The van der Waals surface area contributed by atoms with Crippen molar-refractivity contribution in [1.29, 1.82) is 0 Å². The van der Waals surface area contributed by atoms with Crippen LogP contribution in [0.3, 0.4) is 0 Å². The topological polar surface area (TPSA) is 66.1 Å². The van der Waals surface area contributed by atoms with Crippen LogP contribution >= 0.6 is 0 Å². The van der Waals surface area contributed by atoms with Crippen molar-refractivity contribution in [3.05, 3.63) is 71.5 Å². The number of aromatic amines is 1. The van der Waals surface area contributed by atoms with Gasteiger partial charge in [0.2, 0.25) is 5.95 Å². The highest BCUT2D eigenvalue weighted by Gasteiger charge is 2.10. The molecule has 0 spiro atoms. The molecule has 3 aromatic rings. The zero-order valence-corrected chi connectivity index (χ0v) is 17.5. The molecule has 0 amide bonds. The van der Waals surface area contributed by atoms with Crippen LogP contribution in [0.4, 0.5) is 5.95 Å². The van der Waals surface area contributed by atoms with Crippen LogP contribution in [-0.2, 0) is 13.0 Å². The molecule has 1 aliphatic heterocycles. The van der Waals surface area contributed by atoms with E-state index in [1.807, 2.05) is 24.3 Å². The van der Waals surface area contributed by atoms with Crippen LogP contribution in [0.2, 0.25) is 0 Å². The minimum Gasteiger partial charge on any atom is -0.494 e. The SMILES string of the molecule is c1ccc(Cc2nc(NCCCOc3cccc(CN4CCCCC4)c3)n[nH]2)cc1. The monoisotopic (exact) mass is 405 g/mol. The highest BCUT2D eigenvalue weighted by molar-refractivity contribution is 5.29. The lowest BCUT2D eigenvalue weighted by molar-refractivity contribution is 0.220. The van der Waals surface area contributed by atoms with Crippen LogP contribution in [0.15, 0.2) is 54.6 Å². The van der Waals surface area contributed by atoms with Crippen LogP contribution in [0.1, 0.15) is 42.6 Å². The fourth-order valence-corrected chi connectivity index (χ4v) is 3.81. The van der Waals surface area contributed by atoms with E-state index in [-0.39, 0.29) is 0 Å². The molecule has 2 N–H and O–H groups in total. The summed E-state index contributed by atoms with van der Waals surface area (Å²) in [5.41, 5.74) is 2.55. The molecule has 4 rings (SSSR count). The number of nitrogens with zero attached hydrogens (tertiary/aromatic N) is 3. The van der Waals surface area contributed by atoms with Crippen LogP contribution in [0, 0.1) is 0 Å². The number of hydrogen-bond donors (Lipinski definition) is 2. The Bertz CT molecular complexity index is 889. The van der Waals surface area contributed by atoms with Crippen molar-refractivity contribution in [3.63, 3.8) is 0 Å². The molecule has 2 heterocycles. The van der Waals surface area contributed by atoms with E-state index in [1.54, 1.807) is 0 Å². The summed E-state index contributed by atoms with van der Waals surface area (Å²) in [6.45, 7) is 4.89. The van der Waals surface area contributed by atoms with Gasteiger partial charge in [0.1, 0.15) is 11.6 Å². The molecule has 1 saturated heterocycles. The van der Waals surface area contributed by atoms with E-state index < -0.39 is 0 Å². The van der Waals surface area contributed by atoms with E-state index >= 15 is 0 Å². The largest absolute Gasteiger partial charge is 0.494 e. The third-order valence-corrected chi connectivity index (χ3v) is 5.37. The van der Waals surface area contributed by atoms with Crippen LogP contribution < -0.4 is 10.1 Å². The van der Waals surface area contributed by atoms with Gasteiger partial charge in [-0.1, -0.05) is 48.9 Å². The first kappa shape index (κ1) is 20.4. The number of rotatable bonds is 10. The molecule has 6 nitrogen and oxygen atoms in total. The summed E-state index contributed by atoms with van der Waals surface area (Å²) in [5, 5.41) is 10.5. The van der Waals surface area contributed by atoms with Gasteiger partial charge in [0, 0.05) is 19.5 Å². The van der Waals surface area contributed by atoms with Gasteiger partial charge in [0.05, 0.1) is 6.61 Å².